The lowest BCUT2D eigenvalue weighted by Crippen LogP contribution is -2.34. The van der Waals surface area contributed by atoms with Crippen molar-refractivity contribution in [2.75, 3.05) is 13.1 Å². The molecular formula is C11H19ClN4O2S. The van der Waals surface area contributed by atoms with E-state index in [1.54, 1.807) is 17.4 Å². The molecule has 3 unspecified atom stereocenters. The predicted octanol–water partition coefficient (Wildman–Crippen LogP) is 0.200. The second-order valence-corrected chi connectivity index (χ2v) is 7.17. The Labute approximate surface area is 119 Å². The average Bonchev–Trinajstić information content (AvgIpc) is 2.96. The summed E-state index contributed by atoms with van der Waals surface area (Å²) in [5, 5.41) is 4.19. The van der Waals surface area contributed by atoms with Crippen LogP contribution in [0, 0.1) is 11.8 Å². The monoisotopic (exact) mass is 306 g/mol. The molecule has 2 fully saturated rings. The molecule has 6 nitrogen and oxygen atoms in total. The molecule has 1 saturated carbocycles. The summed E-state index contributed by atoms with van der Waals surface area (Å²) in [4.78, 5) is 0. The van der Waals surface area contributed by atoms with Crippen LogP contribution in [0.5, 0.6) is 0 Å². The van der Waals surface area contributed by atoms with Gasteiger partial charge in [0.15, 0.2) is 5.03 Å². The Kier molecular flexibility index (Phi) is 3.92. The van der Waals surface area contributed by atoms with Crippen molar-refractivity contribution in [3.05, 3.63) is 12.3 Å². The first-order valence-electron chi connectivity index (χ1n) is 6.24. The molecule has 108 valence electrons. The lowest BCUT2D eigenvalue weighted by molar-refractivity contribution is 0.422. The van der Waals surface area contributed by atoms with Crippen LogP contribution in [0.1, 0.15) is 12.8 Å². The van der Waals surface area contributed by atoms with Gasteiger partial charge in [-0.2, -0.15) is 9.40 Å². The number of nitrogens with two attached hydrogens (primary N) is 1. The molecule has 1 aliphatic heterocycles. The maximum absolute atomic E-state index is 12.5. The van der Waals surface area contributed by atoms with Crippen LogP contribution in [0.4, 0.5) is 0 Å². The summed E-state index contributed by atoms with van der Waals surface area (Å²) in [6.07, 6.45) is 3.58. The van der Waals surface area contributed by atoms with E-state index in [2.05, 4.69) is 5.10 Å². The third kappa shape index (κ3) is 2.29. The molecule has 0 bridgehead atoms. The van der Waals surface area contributed by atoms with E-state index in [4.69, 9.17) is 5.73 Å². The van der Waals surface area contributed by atoms with E-state index in [9.17, 15) is 8.42 Å². The summed E-state index contributed by atoms with van der Waals surface area (Å²) in [5.41, 5.74) is 6.03. The number of hydrogen-bond acceptors (Lipinski definition) is 4. The summed E-state index contributed by atoms with van der Waals surface area (Å²) < 4.78 is 27.9. The molecule has 0 radical (unpaired) electrons. The smallest absolute Gasteiger partial charge is 0.260 e. The number of rotatable bonds is 2. The van der Waals surface area contributed by atoms with E-state index in [0.29, 0.717) is 24.9 Å². The number of sulfonamides is 1. The average molecular weight is 307 g/mol. The summed E-state index contributed by atoms with van der Waals surface area (Å²) in [6, 6.07) is 1.70. The molecule has 0 spiro atoms. The van der Waals surface area contributed by atoms with Gasteiger partial charge in [0, 0.05) is 26.2 Å². The van der Waals surface area contributed by atoms with Crippen LogP contribution in [0.3, 0.4) is 0 Å². The maximum atomic E-state index is 12.5. The Balaban J connectivity index is 0.00000133. The van der Waals surface area contributed by atoms with Gasteiger partial charge in [-0.05, 0) is 30.7 Å². The zero-order valence-corrected chi connectivity index (χ0v) is 12.4. The molecule has 0 aromatic carbocycles. The molecule has 1 aromatic rings. The van der Waals surface area contributed by atoms with E-state index in [-0.39, 0.29) is 23.5 Å². The van der Waals surface area contributed by atoms with E-state index >= 15 is 0 Å². The van der Waals surface area contributed by atoms with Crippen LogP contribution < -0.4 is 5.73 Å². The zero-order valence-electron chi connectivity index (χ0n) is 10.8. The summed E-state index contributed by atoms with van der Waals surface area (Å²) >= 11 is 0. The summed E-state index contributed by atoms with van der Waals surface area (Å²) in [7, 11) is -1.76. The molecule has 3 atom stereocenters. The van der Waals surface area contributed by atoms with Gasteiger partial charge in [0.1, 0.15) is 0 Å². The first kappa shape index (κ1) is 14.8. The second-order valence-electron chi connectivity index (χ2n) is 5.28. The highest BCUT2D eigenvalue weighted by Crippen LogP contribution is 2.39. The highest BCUT2D eigenvalue weighted by molar-refractivity contribution is 7.89. The largest absolute Gasteiger partial charge is 0.327 e. The number of nitrogens with zero attached hydrogens (tertiary/aromatic N) is 3. The van der Waals surface area contributed by atoms with Crippen LogP contribution >= 0.6 is 12.4 Å². The molecule has 0 amide bonds. The first-order valence-corrected chi connectivity index (χ1v) is 7.68. The number of aryl methyl sites for hydroxylation is 1. The number of halogens is 1. The van der Waals surface area contributed by atoms with Crippen molar-refractivity contribution in [2.45, 2.75) is 23.9 Å². The molecule has 1 aromatic heterocycles. The van der Waals surface area contributed by atoms with E-state index in [1.807, 2.05) is 0 Å². The van der Waals surface area contributed by atoms with Crippen molar-refractivity contribution in [3.63, 3.8) is 0 Å². The van der Waals surface area contributed by atoms with Crippen LogP contribution in [-0.2, 0) is 17.1 Å². The van der Waals surface area contributed by atoms with Crippen molar-refractivity contribution in [1.29, 1.82) is 0 Å². The molecule has 19 heavy (non-hydrogen) atoms. The predicted molar refractivity (Wildman–Crippen MR) is 73.4 cm³/mol. The van der Waals surface area contributed by atoms with Crippen molar-refractivity contribution >= 4 is 22.4 Å². The minimum absolute atomic E-state index is 0. The minimum Gasteiger partial charge on any atom is -0.327 e. The fraction of sp³-hybridized carbons (Fsp3) is 0.727. The lowest BCUT2D eigenvalue weighted by atomic mass is 9.98. The van der Waals surface area contributed by atoms with Gasteiger partial charge in [-0.25, -0.2) is 8.42 Å². The molecule has 8 heteroatoms. The normalized spacial score (nSPS) is 31.2. The van der Waals surface area contributed by atoms with E-state index in [0.717, 1.165) is 12.8 Å². The van der Waals surface area contributed by atoms with Gasteiger partial charge in [0.05, 0.1) is 6.20 Å². The molecule has 1 saturated heterocycles. The maximum Gasteiger partial charge on any atom is 0.260 e. The van der Waals surface area contributed by atoms with Crippen molar-refractivity contribution in [2.24, 2.45) is 24.6 Å². The van der Waals surface area contributed by atoms with Gasteiger partial charge in [-0.15, -0.1) is 12.4 Å². The third-order valence-corrected chi connectivity index (χ3v) is 6.17. The van der Waals surface area contributed by atoms with Crippen LogP contribution in [0.2, 0.25) is 0 Å². The van der Waals surface area contributed by atoms with E-state index < -0.39 is 10.0 Å². The second kappa shape index (κ2) is 5.05. The first-order chi connectivity index (χ1) is 8.50. The van der Waals surface area contributed by atoms with Gasteiger partial charge in [-0.3, -0.25) is 4.68 Å². The van der Waals surface area contributed by atoms with Gasteiger partial charge < -0.3 is 5.73 Å². The third-order valence-electron chi connectivity index (χ3n) is 4.26. The Bertz CT molecular complexity index is 559. The molecular weight excluding hydrogens is 288 g/mol. The highest BCUT2D eigenvalue weighted by atomic mass is 35.5. The number of fused-ring (bicyclic) bond motifs is 1. The standard InChI is InChI=1S/C11H18N4O2S.ClH/c1-14-11(4-5-13-14)18(16,17)15-6-8-2-3-10(12)9(8)7-15;/h4-5,8-10H,2-3,6-7,12H2,1H3;1H. The quantitative estimate of drug-likeness (QED) is 0.846. The van der Waals surface area contributed by atoms with Crippen LogP contribution in [0.15, 0.2) is 17.3 Å². The molecule has 1 aliphatic carbocycles. The topological polar surface area (TPSA) is 81.2 Å². The SMILES string of the molecule is Cl.Cn1nccc1S(=O)(=O)N1CC2CCC(N)C2C1. The van der Waals surface area contributed by atoms with Crippen LogP contribution in [0.25, 0.3) is 0 Å². The Morgan fingerprint density at radius 2 is 2.11 bits per heavy atom. The molecule has 3 rings (SSSR count). The van der Waals surface area contributed by atoms with Gasteiger partial charge in [-0.1, -0.05) is 0 Å². The van der Waals surface area contributed by atoms with Gasteiger partial charge in [0.2, 0.25) is 0 Å². The fourth-order valence-electron chi connectivity index (χ4n) is 3.21. The van der Waals surface area contributed by atoms with Crippen molar-refractivity contribution < 1.29 is 8.42 Å². The molecule has 2 heterocycles. The minimum atomic E-state index is -3.41. The van der Waals surface area contributed by atoms with Crippen LogP contribution in [-0.4, -0.2) is 41.6 Å². The zero-order chi connectivity index (χ0) is 12.9. The highest BCUT2D eigenvalue weighted by Gasteiger charge is 2.45. The number of hydrogen-bond donors (Lipinski definition) is 1. The Morgan fingerprint density at radius 1 is 1.37 bits per heavy atom. The Morgan fingerprint density at radius 3 is 2.68 bits per heavy atom. The van der Waals surface area contributed by atoms with Gasteiger partial charge in [0.25, 0.3) is 10.0 Å². The Hall–Kier alpha value is -0.630. The summed E-state index contributed by atoms with van der Waals surface area (Å²) in [6.45, 7) is 1.16. The van der Waals surface area contributed by atoms with Gasteiger partial charge >= 0.3 is 0 Å². The lowest BCUT2D eigenvalue weighted by Gasteiger charge is -2.18. The van der Waals surface area contributed by atoms with Crippen molar-refractivity contribution in [3.8, 4) is 0 Å². The van der Waals surface area contributed by atoms with E-state index in [1.165, 1.54) is 10.9 Å². The number of aromatic nitrogens is 2. The van der Waals surface area contributed by atoms with Crippen molar-refractivity contribution in [1.82, 2.24) is 14.1 Å². The fourth-order valence-corrected chi connectivity index (χ4v) is 4.84. The molecule has 2 N–H and O–H groups in total. The molecule has 2 aliphatic rings. The summed E-state index contributed by atoms with van der Waals surface area (Å²) in [5.74, 6) is 0.760.